The number of nitrogens with zero attached hydrogens (tertiary/aromatic N) is 4. The van der Waals surface area contributed by atoms with Gasteiger partial charge in [-0.3, -0.25) is 14.5 Å². The van der Waals surface area contributed by atoms with Gasteiger partial charge in [-0.2, -0.15) is 0 Å². The molecule has 0 bridgehead atoms. The normalized spacial score (nSPS) is 16.4. The smallest absolute Gasteiger partial charge is 0.254 e. The number of anilines is 2. The van der Waals surface area contributed by atoms with Crippen LogP contribution in [0, 0.1) is 0 Å². The molecule has 164 valence electrons. The Hall–Kier alpha value is -3.78. The quantitative estimate of drug-likeness (QED) is 0.624. The van der Waals surface area contributed by atoms with Crippen molar-refractivity contribution in [1.29, 1.82) is 0 Å². The van der Waals surface area contributed by atoms with E-state index in [2.05, 4.69) is 37.6 Å². The summed E-state index contributed by atoms with van der Waals surface area (Å²) in [6, 6.07) is 18.5. The highest BCUT2D eigenvalue weighted by molar-refractivity contribution is 5.98. The van der Waals surface area contributed by atoms with Crippen LogP contribution >= 0.6 is 0 Å². The second-order valence-electron chi connectivity index (χ2n) is 7.63. The van der Waals surface area contributed by atoms with Crippen LogP contribution in [0.25, 0.3) is 0 Å². The molecule has 4 rings (SSSR count). The van der Waals surface area contributed by atoms with Crippen molar-refractivity contribution >= 4 is 23.5 Å². The predicted molar refractivity (Wildman–Crippen MR) is 122 cm³/mol. The first-order valence-electron chi connectivity index (χ1n) is 10.6. The first-order valence-corrected chi connectivity index (χ1v) is 10.6. The Balaban J connectivity index is 1.49. The molecule has 1 atom stereocenters. The maximum atomic E-state index is 13.4. The molecule has 2 amide bonds. The third-order valence-electron chi connectivity index (χ3n) is 5.45. The third-order valence-corrected chi connectivity index (χ3v) is 5.45. The van der Waals surface area contributed by atoms with E-state index in [1.54, 1.807) is 48.6 Å². The average Bonchev–Trinajstić information content (AvgIpc) is 2.84. The fraction of sp³-hybridized carbons (Fsp3) is 0.250. The molecule has 0 spiro atoms. The molecule has 2 heterocycles. The van der Waals surface area contributed by atoms with Crippen molar-refractivity contribution in [2.24, 2.45) is 0 Å². The monoisotopic (exact) mass is 430 g/mol. The second kappa shape index (κ2) is 10.0. The molecule has 1 unspecified atom stereocenters. The predicted octanol–water partition coefficient (Wildman–Crippen LogP) is 2.29. The molecule has 1 saturated heterocycles. The van der Waals surface area contributed by atoms with Gasteiger partial charge in [0.1, 0.15) is 6.04 Å². The molecule has 0 saturated carbocycles. The highest BCUT2D eigenvalue weighted by atomic mass is 16.2. The number of benzene rings is 2. The van der Waals surface area contributed by atoms with E-state index in [0.29, 0.717) is 36.8 Å². The zero-order valence-corrected chi connectivity index (χ0v) is 17.9. The van der Waals surface area contributed by atoms with Crippen LogP contribution in [0.4, 0.5) is 11.6 Å². The molecule has 1 aliphatic heterocycles. The van der Waals surface area contributed by atoms with Gasteiger partial charge in [0, 0.05) is 56.9 Å². The number of hydrogen-bond donors (Lipinski definition) is 2. The SMILES string of the molecule is CNC(=O)C1CN(Cc2ccccc2)CCN1C(=O)c1cccc(Nc2ncccn2)c1. The van der Waals surface area contributed by atoms with E-state index in [1.165, 1.54) is 5.56 Å². The average molecular weight is 431 g/mol. The van der Waals surface area contributed by atoms with Gasteiger partial charge in [0.15, 0.2) is 0 Å². The summed E-state index contributed by atoms with van der Waals surface area (Å²) in [7, 11) is 1.60. The molecule has 2 N–H and O–H groups in total. The van der Waals surface area contributed by atoms with Crippen molar-refractivity contribution in [3.63, 3.8) is 0 Å². The van der Waals surface area contributed by atoms with E-state index >= 15 is 0 Å². The fourth-order valence-electron chi connectivity index (χ4n) is 3.85. The Morgan fingerprint density at radius 3 is 2.53 bits per heavy atom. The van der Waals surface area contributed by atoms with Gasteiger partial charge in [-0.15, -0.1) is 0 Å². The van der Waals surface area contributed by atoms with E-state index in [9.17, 15) is 9.59 Å². The molecule has 1 fully saturated rings. The van der Waals surface area contributed by atoms with Crippen molar-refractivity contribution in [2.45, 2.75) is 12.6 Å². The minimum Gasteiger partial charge on any atom is -0.357 e. The minimum atomic E-state index is -0.556. The summed E-state index contributed by atoms with van der Waals surface area (Å²) < 4.78 is 0. The van der Waals surface area contributed by atoms with Crippen molar-refractivity contribution in [3.8, 4) is 0 Å². The Morgan fingerprint density at radius 2 is 1.78 bits per heavy atom. The van der Waals surface area contributed by atoms with Gasteiger partial charge in [0.05, 0.1) is 0 Å². The molecule has 1 aliphatic rings. The maximum absolute atomic E-state index is 13.4. The van der Waals surface area contributed by atoms with E-state index in [-0.39, 0.29) is 11.8 Å². The van der Waals surface area contributed by atoms with Crippen LogP contribution in [-0.2, 0) is 11.3 Å². The van der Waals surface area contributed by atoms with Crippen LogP contribution in [0.3, 0.4) is 0 Å². The summed E-state index contributed by atoms with van der Waals surface area (Å²) in [6.07, 6.45) is 3.29. The molecular weight excluding hydrogens is 404 g/mol. The highest BCUT2D eigenvalue weighted by Gasteiger charge is 2.35. The number of amides is 2. The van der Waals surface area contributed by atoms with Gasteiger partial charge >= 0.3 is 0 Å². The lowest BCUT2D eigenvalue weighted by Crippen LogP contribution is -2.60. The molecule has 8 heteroatoms. The van der Waals surface area contributed by atoms with E-state index in [4.69, 9.17) is 0 Å². The number of carbonyl (C=O) groups is 2. The van der Waals surface area contributed by atoms with Crippen LogP contribution in [0.5, 0.6) is 0 Å². The van der Waals surface area contributed by atoms with Crippen LogP contribution in [-0.4, -0.2) is 64.3 Å². The number of carbonyl (C=O) groups excluding carboxylic acids is 2. The Morgan fingerprint density at radius 1 is 1.00 bits per heavy atom. The van der Waals surface area contributed by atoms with Gasteiger partial charge < -0.3 is 15.5 Å². The first-order chi connectivity index (χ1) is 15.6. The first kappa shape index (κ1) is 21.5. The summed E-state index contributed by atoms with van der Waals surface area (Å²) in [5.41, 5.74) is 2.41. The zero-order chi connectivity index (χ0) is 22.3. The molecule has 0 radical (unpaired) electrons. The highest BCUT2D eigenvalue weighted by Crippen LogP contribution is 2.20. The largest absolute Gasteiger partial charge is 0.357 e. The minimum absolute atomic E-state index is 0.164. The number of nitrogens with one attached hydrogen (secondary N) is 2. The molecule has 1 aromatic heterocycles. The molecular formula is C24H26N6O2. The van der Waals surface area contributed by atoms with Crippen LogP contribution in [0.2, 0.25) is 0 Å². The summed E-state index contributed by atoms with van der Waals surface area (Å²) in [5.74, 6) is 0.119. The Kier molecular flexibility index (Phi) is 6.72. The number of aromatic nitrogens is 2. The van der Waals surface area contributed by atoms with Gasteiger partial charge in [0.25, 0.3) is 5.91 Å². The molecule has 8 nitrogen and oxygen atoms in total. The van der Waals surface area contributed by atoms with Crippen LogP contribution in [0.15, 0.2) is 73.1 Å². The van der Waals surface area contributed by atoms with Crippen LogP contribution < -0.4 is 10.6 Å². The van der Waals surface area contributed by atoms with E-state index in [0.717, 1.165) is 6.54 Å². The fourth-order valence-corrected chi connectivity index (χ4v) is 3.85. The van der Waals surface area contributed by atoms with Crippen LogP contribution in [0.1, 0.15) is 15.9 Å². The number of rotatable bonds is 6. The number of piperazine rings is 1. The Bertz CT molecular complexity index is 1060. The van der Waals surface area contributed by atoms with Gasteiger partial charge in [-0.1, -0.05) is 36.4 Å². The third kappa shape index (κ3) is 5.09. The zero-order valence-electron chi connectivity index (χ0n) is 17.9. The van der Waals surface area contributed by atoms with E-state index in [1.807, 2.05) is 24.3 Å². The standard InChI is InChI=1S/C24H26N6O2/c1-25-22(31)21-17-29(16-18-7-3-2-4-8-18)13-14-30(21)23(32)19-9-5-10-20(15-19)28-24-26-11-6-12-27-24/h2-12,15,21H,13-14,16-17H2,1H3,(H,25,31)(H,26,27,28). The van der Waals surface area contributed by atoms with Crippen molar-refractivity contribution in [3.05, 3.63) is 84.2 Å². The lowest BCUT2D eigenvalue weighted by atomic mass is 10.1. The maximum Gasteiger partial charge on any atom is 0.254 e. The van der Waals surface area contributed by atoms with Gasteiger partial charge in [-0.05, 0) is 29.8 Å². The number of likely N-dealkylation sites (N-methyl/N-ethyl adjacent to an activating group) is 1. The van der Waals surface area contributed by atoms with Crippen molar-refractivity contribution < 1.29 is 9.59 Å². The molecule has 32 heavy (non-hydrogen) atoms. The topological polar surface area (TPSA) is 90.5 Å². The lowest BCUT2D eigenvalue weighted by Gasteiger charge is -2.40. The Labute approximate surface area is 187 Å². The molecule has 0 aliphatic carbocycles. The summed E-state index contributed by atoms with van der Waals surface area (Å²) in [5, 5.41) is 5.81. The van der Waals surface area contributed by atoms with Crippen molar-refractivity contribution in [1.82, 2.24) is 25.1 Å². The molecule has 2 aromatic carbocycles. The summed E-state index contributed by atoms with van der Waals surface area (Å²) in [4.78, 5) is 38.2. The molecule has 3 aromatic rings. The lowest BCUT2D eigenvalue weighted by molar-refractivity contribution is -0.127. The van der Waals surface area contributed by atoms with Gasteiger partial charge in [0.2, 0.25) is 11.9 Å². The number of hydrogen-bond acceptors (Lipinski definition) is 6. The van der Waals surface area contributed by atoms with E-state index < -0.39 is 6.04 Å². The van der Waals surface area contributed by atoms with Crippen molar-refractivity contribution in [2.75, 3.05) is 32.0 Å². The summed E-state index contributed by atoms with van der Waals surface area (Å²) >= 11 is 0. The second-order valence-corrected chi connectivity index (χ2v) is 7.63. The summed E-state index contributed by atoms with van der Waals surface area (Å²) in [6.45, 7) is 2.40. The van der Waals surface area contributed by atoms with Gasteiger partial charge in [-0.25, -0.2) is 9.97 Å².